The molecule has 0 heterocycles. The zero-order valence-electron chi connectivity index (χ0n) is 18.2. The van der Waals surface area contributed by atoms with Gasteiger partial charge in [0.05, 0.1) is 11.6 Å². The van der Waals surface area contributed by atoms with Gasteiger partial charge in [-0.05, 0) is 65.6 Å². The van der Waals surface area contributed by atoms with Crippen molar-refractivity contribution in [3.8, 4) is 17.2 Å². The van der Waals surface area contributed by atoms with Crippen molar-refractivity contribution >= 4 is 0 Å². The van der Waals surface area contributed by atoms with Crippen LogP contribution in [0.25, 0.3) is 11.1 Å². The molecule has 0 bridgehead atoms. The van der Waals surface area contributed by atoms with E-state index in [1.165, 1.54) is 67.2 Å². The van der Waals surface area contributed by atoms with Crippen LogP contribution in [0.2, 0.25) is 0 Å². The first-order chi connectivity index (χ1) is 14.8. The van der Waals surface area contributed by atoms with Crippen LogP contribution < -0.4 is 0 Å². The maximum atomic E-state index is 8.93. The number of nitriles is 1. The maximum Gasteiger partial charge on any atom is 0.0991 e. The Morgan fingerprint density at radius 3 is 1.50 bits per heavy atom. The van der Waals surface area contributed by atoms with Crippen molar-refractivity contribution in [1.82, 2.24) is 0 Å². The summed E-state index contributed by atoms with van der Waals surface area (Å²) in [5.41, 5.74) is 7.31. The average Bonchev–Trinajstić information content (AvgIpc) is 2.81. The molecule has 0 radical (unpaired) electrons. The van der Waals surface area contributed by atoms with Crippen LogP contribution in [0.4, 0.5) is 0 Å². The Hall–Kier alpha value is -2.85. The predicted octanol–water partition coefficient (Wildman–Crippen LogP) is 7.91. The molecule has 0 unspecified atom stereocenters. The topological polar surface area (TPSA) is 23.8 Å². The van der Waals surface area contributed by atoms with Gasteiger partial charge in [0, 0.05) is 0 Å². The fourth-order valence-electron chi connectivity index (χ4n) is 3.87. The van der Waals surface area contributed by atoms with E-state index in [0.717, 1.165) is 18.4 Å². The van der Waals surface area contributed by atoms with Crippen molar-refractivity contribution in [3.63, 3.8) is 0 Å². The van der Waals surface area contributed by atoms with Gasteiger partial charge in [0.15, 0.2) is 0 Å². The van der Waals surface area contributed by atoms with Gasteiger partial charge in [0.2, 0.25) is 0 Å². The van der Waals surface area contributed by atoms with Crippen molar-refractivity contribution in [3.05, 3.63) is 95.1 Å². The van der Waals surface area contributed by atoms with E-state index in [2.05, 4.69) is 61.5 Å². The second-order valence-electron chi connectivity index (χ2n) is 8.22. The summed E-state index contributed by atoms with van der Waals surface area (Å²) in [4.78, 5) is 0. The molecule has 0 amide bonds. The molecule has 0 atom stereocenters. The van der Waals surface area contributed by atoms with Crippen LogP contribution in [0.15, 0.2) is 72.8 Å². The highest BCUT2D eigenvalue weighted by atomic mass is 14.2. The van der Waals surface area contributed by atoms with E-state index in [0.29, 0.717) is 5.56 Å². The van der Waals surface area contributed by atoms with E-state index >= 15 is 0 Å². The molecule has 3 aromatic carbocycles. The van der Waals surface area contributed by atoms with E-state index in [1.54, 1.807) is 0 Å². The first-order valence-electron chi connectivity index (χ1n) is 11.5. The van der Waals surface area contributed by atoms with Gasteiger partial charge in [0.1, 0.15) is 0 Å². The Balaban J connectivity index is 1.44. The van der Waals surface area contributed by atoms with Gasteiger partial charge in [-0.15, -0.1) is 0 Å². The molecule has 0 aromatic heterocycles. The van der Waals surface area contributed by atoms with Crippen LogP contribution in [0, 0.1) is 11.3 Å². The summed E-state index contributed by atoms with van der Waals surface area (Å²) >= 11 is 0. The first-order valence-corrected chi connectivity index (χ1v) is 11.5. The van der Waals surface area contributed by atoms with Gasteiger partial charge in [-0.25, -0.2) is 0 Å². The molecule has 0 aliphatic carbocycles. The van der Waals surface area contributed by atoms with Gasteiger partial charge in [-0.1, -0.05) is 99.7 Å². The van der Waals surface area contributed by atoms with Crippen LogP contribution in [0.3, 0.4) is 0 Å². The Bertz CT molecular complexity index is 912. The molecule has 1 nitrogen and oxygen atoms in total. The summed E-state index contributed by atoms with van der Waals surface area (Å²) in [7, 11) is 0. The van der Waals surface area contributed by atoms with Crippen molar-refractivity contribution in [2.45, 2.75) is 64.7 Å². The quantitative estimate of drug-likeness (QED) is 0.303. The van der Waals surface area contributed by atoms with Crippen LogP contribution in [-0.2, 0) is 19.3 Å². The molecule has 0 aliphatic rings. The number of nitrogens with zero attached hydrogens (tertiary/aromatic N) is 1. The molecular formula is C29H33N. The molecule has 3 aromatic rings. The molecule has 3 rings (SSSR count). The van der Waals surface area contributed by atoms with Crippen LogP contribution in [0.1, 0.15) is 67.7 Å². The molecule has 30 heavy (non-hydrogen) atoms. The molecular weight excluding hydrogens is 362 g/mol. The smallest absolute Gasteiger partial charge is 0.0991 e. The van der Waals surface area contributed by atoms with Gasteiger partial charge < -0.3 is 0 Å². The third-order valence-corrected chi connectivity index (χ3v) is 5.85. The van der Waals surface area contributed by atoms with Crippen LogP contribution in [-0.4, -0.2) is 0 Å². The highest BCUT2D eigenvalue weighted by Crippen LogP contribution is 2.21. The monoisotopic (exact) mass is 395 g/mol. The lowest BCUT2D eigenvalue weighted by molar-refractivity contribution is 0.607. The molecule has 0 N–H and O–H groups in total. The minimum absolute atomic E-state index is 0.702. The third-order valence-electron chi connectivity index (χ3n) is 5.85. The fourth-order valence-corrected chi connectivity index (χ4v) is 3.87. The third kappa shape index (κ3) is 6.89. The SMILES string of the molecule is CCCCCCCCc1ccc(CCc2ccc(-c3ccc(C#N)cc3)cc2)cc1. The number of aryl methyl sites for hydroxylation is 3. The Kier molecular flexibility index (Phi) is 8.73. The van der Waals surface area contributed by atoms with Gasteiger partial charge >= 0.3 is 0 Å². The Morgan fingerprint density at radius 2 is 0.967 bits per heavy atom. The van der Waals surface area contributed by atoms with Crippen LogP contribution in [0.5, 0.6) is 0 Å². The number of hydrogen-bond acceptors (Lipinski definition) is 1. The Labute approximate surface area is 182 Å². The maximum absolute atomic E-state index is 8.93. The lowest BCUT2D eigenvalue weighted by Crippen LogP contribution is -1.93. The number of rotatable bonds is 11. The Morgan fingerprint density at radius 1 is 0.533 bits per heavy atom. The first kappa shape index (κ1) is 21.8. The summed E-state index contributed by atoms with van der Waals surface area (Å²) in [5, 5.41) is 8.93. The van der Waals surface area contributed by atoms with E-state index in [1.807, 2.05) is 24.3 Å². The van der Waals surface area contributed by atoms with Gasteiger partial charge in [0.25, 0.3) is 0 Å². The predicted molar refractivity (Wildman–Crippen MR) is 128 cm³/mol. The summed E-state index contributed by atoms with van der Waals surface area (Å²) in [6, 6.07) is 28.0. The molecule has 0 saturated carbocycles. The molecule has 0 aliphatic heterocycles. The standard InChI is InChI=1S/C29H33N/c1-2-3-4-5-6-7-8-24-9-11-25(12-10-24)13-14-26-15-19-28(20-16-26)29-21-17-27(23-30)18-22-29/h9-12,15-22H,2-8,13-14H2,1H3. The number of hydrogen-bond donors (Lipinski definition) is 0. The van der Waals surface area contributed by atoms with Gasteiger partial charge in [-0.3, -0.25) is 0 Å². The van der Waals surface area contributed by atoms with Crippen molar-refractivity contribution in [2.24, 2.45) is 0 Å². The minimum Gasteiger partial charge on any atom is -0.192 e. The van der Waals surface area contributed by atoms with E-state index in [4.69, 9.17) is 5.26 Å². The molecule has 0 fully saturated rings. The highest BCUT2D eigenvalue weighted by Gasteiger charge is 2.01. The molecule has 154 valence electrons. The number of benzene rings is 3. The highest BCUT2D eigenvalue weighted by molar-refractivity contribution is 5.64. The molecule has 0 saturated heterocycles. The lowest BCUT2D eigenvalue weighted by Gasteiger charge is -2.07. The summed E-state index contributed by atoms with van der Waals surface area (Å²) in [5.74, 6) is 0. The largest absolute Gasteiger partial charge is 0.192 e. The van der Waals surface area contributed by atoms with Gasteiger partial charge in [-0.2, -0.15) is 5.26 Å². The minimum atomic E-state index is 0.702. The summed E-state index contributed by atoms with van der Waals surface area (Å²) in [6.07, 6.45) is 11.5. The van der Waals surface area contributed by atoms with Crippen molar-refractivity contribution < 1.29 is 0 Å². The lowest BCUT2D eigenvalue weighted by atomic mass is 9.98. The van der Waals surface area contributed by atoms with Crippen molar-refractivity contribution in [1.29, 1.82) is 5.26 Å². The second kappa shape index (κ2) is 12.0. The van der Waals surface area contributed by atoms with Crippen molar-refractivity contribution in [2.75, 3.05) is 0 Å². The zero-order valence-corrected chi connectivity index (χ0v) is 18.2. The van der Waals surface area contributed by atoms with E-state index in [-0.39, 0.29) is 0 Å². The summed E-state index contributed by atoms with van der Waals surface area (Å²) in [6.45, 7) is 2.27. The molecule has 0 spiro atoms. The second-order valence-corrected chi connectivity index (χ2v) is 8.22. The number of unbranched alkanes of at least 4 members (excludes halogenated alkanes) is 5. The van der Waals surface area contributed by atoms with E-state index < -0.39 is 0 Å². The molecule has 1 heteroatoms. The fraction of sp³-hybridized carbons (Fsp3) is 0.345. The summed E-state index contributed by atoms with van der Waals surface area (Å²) < 4.78 is 0. The normalized spacial score (nSPS) is 10.7. The zero-order chi connectivity index (χ0) is 21.0. The average molecular weight is 396 g/mol. The van der Waals surface area contributed by atoms with E-state index in [9.17, 15) is 0 Å². The van der Waals surface area contributed by atoms with Crippen LogP contribution >= 0.6 is 0 Å².